The minimum atomic E-state index is -4.60. The Balaban J connectivity index is 1.54. The van der Waals surface area contributed by atoms with E-state index in [9.17, 15) is 17.6 Å². The molecule has 0 aliphatic carbocycles. The zero-order chi connectivity index (χ0) is 22.3. The smallest absolute Gasteiger partial charge is 0.416 e. The van der Waals surface area contributed by atoms with Crippen LogP contribution in [0.5, 0.6) is 5.75 Å². The summed E-state index contributed by atoms with van der Waals surface area (Å²) in [6.07, 6.45) is 2.04. The van der Waals surface area contributed by atoms with E-state index in [1.165, 1.54) is 18.4 Å². The van der Waals surface area contributed by atoms with Crippen LogP contribution in [-0.4, -0.2) is 16.7 Å². The molecular formula is C23H21F4NO3. The molecule has 1 heterocycles. The zero-order valence-corrected chi connectivity index (χ0v) is 16.5. The highest BCUT2D eigenvalue weighted by Crippen LogP contribution is 2.30. The summed E-state index contributed by atoms with van der Waals surface area (Å²) in [6.45, 7) is 0.352. The lowest BCUT2D eigenvalue weighted by Crippen LogP contribution is -2.05. The predicted octanol–water partition coefficient (Wildman–Crippen LogP) is 5.90. The van der Waals surface area contributed by atoms with Crippen molar-refractivity contribution in [2.45, 2.75) is 32.0 Å². The Morgan fingerprint density at radius 2 is 1.81 bits per heavy atom. The summed E-state index contributed by atoms with van der Waals surface area (Å²) in [5.41, 5.74) is 0.615. The third kappa shape index (κ3) is 6.68. The van der Waals surface area contributed by atoms with Crippen LogP contribution in [0.15, 0.2) is 53.1 Å². The summed E-state index contributed by atoms with van der Waals surface area (Å²) in [4.78, 5) is 4.19. The number of aliphatic hydroxyl groups is 1. The Hall–Kier alpha value is -3.13. The number of oxazole rings is 1. The fourth-order valence-electron chi connectivity index (χ4n) is 2.82. The molecule has 3 rings (SSSR count). The molecule has 0 saturated carbocycles. The van der Waals surface area contributed by atoms with Crippen molar-refractivity contribution in [3.8, 4) is 5.75 Å². The van der Waals surface area contributed by atoms with Gasteiger partial charge in [-0.1, -0.05) is 18.2 Å². The number of hydrogen-bond donors (Lipinski definition) is 1. The average molecular weight is 435 g/mol. The van der Waals surface area contributed by atoms with E-state index in [-0.39, 0.29) is 24.7 Å². The van der Waals surface area contributed by atoms with Crippen LogP contribution < -0.4 is 4.74 Å². The lowest BCUT2D eigenvalue weighted by Gasteiger charge is -2.07. The number of halogens is 4. The first-order valence-corrected chi connectivity index (χ1v) is 9.67. The van der Waals surface area contributed by atoms with Crippen LogP contribution >= 0.6 is 0 Å². The highest BCUT2D eigenvalue weighted by Gasteiger charge is 2.30. The Kier molecular flexibility index (Phi) is 7.46. The maximum absolute atomic E-state index is 13.9. The SMILES string of the molecule is OCCCCc1ccc(OCc2coc(C=Cc3ccc(C(F)(F)F)cc3F)n2)cc1. The summed E-state index contributed by atoms with van der Waals surface area (Å²) in [6, 6.07) is 9.94. The number of unbranched alkanes of at least 4 members (excludes halogenated alkanes) is 1. The Labute approximate surface area is 176 Å². The van der Waals surface area contributed by atoms with Crippen molar-refractivity contribution in [2.24, 2.45) is 0 Å². The zero-order valence-electron chi connectivity index (χ0n) is 16.5. The largest absolute Gasteiger partial charge is 0.487 e. The third-order valence-electron chi connectivity index (χ3n) is 4.49. The van der Waals surface area contributed by atoms with Crippen molar-refractivity contribution >= 4 is 12.2 Å². The molecule has 0 aliphatic rings. The van der Waals surface area contributed by atoms with Gasteiger partial charge in [-0.15, -0.1) is 0 Å². The van der Waals surface area contributed by atoms with E-state index in [4.69, 9.17) is 14.3 Å². The van der Waals surface area contributed by atoms with Gasteiger partial charge in [0.25, 0.3) is 0 Å². The summed E-state index contributed by atoms with van der Waals surface area (Å²) >= 11 is 0. The van der Waals surface area contributed by atoms with Crippen molar-refractivity contribution in [1.82, 2.24) is 4.98 Å². The monoisotopic (exact) mass is 435 g/mol. The average Bonchev–Trinajstić information content (AvgIpc) is 3.19. The fourth-order valence-corrected chi connectivity index (χ4v) is 2.82. The second kappa shape index (κ2) is 10.3. The molecule has 3 aromatic rings. The summed E-state index contributed by atoms with van der Waals surface area (Å²) in [5, 5.41) is 8.82. The first-order chi connectivity index (χ1) is 14.8. The molecule has 2 aromatic carbocycles. The number of ether oxygens (including phenoxy) is 1. The third-order valence-corrected chi connectivity index (χ3v) is 4.49. The second-order valence-electron chi connectivity index (χ2n) is 6.86. The minimum absolute atomic E-state index is 0.0110. The maximum atomic E-state index is 13.9. The lowest BCUT2D eigenvalue weighted by atomic mass is 10.1. The van der Waals surface area contributed by atoms with Gasteiger partial charge in [0, 0.05) is 18.2 Å². The van der Waals surface area contributed by atoms with Gasteiger partial charge in [0.1, 0.15) is 30.1 Å². The van der Waals surface area contributed by atoms with E-state index >= 15 is 0 Å². The van der Waals surface area contributed by atoms with Crippen molar-refractivity contribution in [1.29, 1.82) is 0 Å². The molecule has 0 unspecified atom stereocenters. The Morgan fingerprint density at radius 1 is 1.03 bits per heavy atom. The number of rotatable bonds is 9. The molecule has 0 aliphatic heterocycles. The molecular weight excluding hydrogens is 414 g/mol. The highest BCUT2D eigenvalue weighted by molar-refractivity contribution is 5.66. The Bertz CT molecular complexity index is 1010. The van der Waals surface area contributed by atoms with Crippen molar-refractivity contribution in [2.75, 3.05) is 6.61 Å². The number of alkyl halides is 3. The van der Waals surface area contributed by atoms with Crippen LogP contribution in [0, 0.1) is 5.82 Å². The van der Waals surface area contributed by atoms with Crippen molar-refractivity contribution in [3.05, 3.63) is 82.8 Å². The molecule has 0 atom stereocenters. The molecule has 0 saturated heterocycles. The first-order valence-electron chi connectivity index (χ1n) is 9.67. The number of benzene rings is 2. The standard InChI is InChI=1S/C23H21F4NO3/c24-21-13-18(23(25,26)27)8-6-17(21)7-11-22-28-19(15-31-22)14-30-20-9-4-16(5-10-20)3-1-2-12-29/h4-11,13,15,29H,1-3,12,14H2. The second-order valence-corrected chi connectivity index (χ2v) is 6.86. The van der Waals surface area contributed by atoms with Crippen LogP contribution in [0.4, 0.5) is 17.6 Å². The fraction of sp³-hybridized carbons (Fsp3) is 0.261. The molecule has 1 aromatic heterocycles. The van der Waals surface area contributed by atoms with E-state index < -0.39 is 17.6 Å². The van der Waals surface area contributed by atoms with Crippen LogP contribution in [0.1, 0.15) is 41.1 Å². The van der Waals surface area contributed by atoms with E-state index in [0.29, 0.717) is 17.5 Å². The van der Waals surface area contributed by atoms with Crippen LogP contribution in [0.2, 0.25) is 0 Å². The molecule has 31 heavy (non-hydrogen) atoms. The summed E-state index contributed by atoms with van der Waals surface area (Å²) in [7, 11) is 0. The predicted molar refractivity (Wildman–Crippen MR) is 108 cm³/mol. The molecule has 0 amide bonds. The number of hydrogen-bond acceptors (Lipinski definition) is 4. The van der Waals surface area contributed by atoms with Gasteiger partial charge in [0.15, 0.2) is 0 Å². The molecule has 0 spiro atoms. The topological polar surface area (TPSA) is 55.5 Å². The van der Waals surface area contributed by atoms with E-state index in [1.807, 2.05) is 24.3 Å². The van der Waals surface area contributed by atoms with Gasteiger partial charge in [-0.25, -0.2) is 9.37 Å². The van der Waals surface area contributed by atoms with E-state index in [0.717, 1.165) is 37.0 Å². The van der Waals surface area contributed by atoms with Crippen molar-refractivity contribution < 1.29 is 31.8 Å². The summed E-state index contributed by atoms with van der Waals surface area (Å²) < 4.78 is 62.6. The van der Waals surface area contributed by atoms with Crippen LogP contribution in [-0.2, 0) is 19.2 Å². The van der Waals surface area contributed by atoms with Gasteiger partial charge < -0.3 is 14.3 Å². The lowest BCUT2D eigenvalue weighted by molar-refractivity contribution is -0.137. The molecule has 164 valence electrons. The number of nitrogens with zero attached hydrogens (tertiary/aromatic N) is 1. The Morgan fingerprint density at radius 3 is 2.48 bits per heavy atom. The van der Waals surface area contributed by atoms with Crippen molar-refractivity contribution in [3.63, 3.8) is 0 Å². The van der Waals surface area contributed by atoms with Gasteiger partial charge >= 0.3 is 6.18 Å². The highest BCUT2D eigenvalue weighted by atomic mass is 19.4. The molecule has 4 nitrogen and oxygen atoms in total. The first kappa shape index (κ1) is 22.6. The van der Waals surface area contributed by atoms with Crippen LogP contribution in [0.25, 0.3) is 12.2 Å². The van der Waals surface area contributed by atoms with Gasteiger partial charge in [0.05, 0.1) is 5.56 Å². The number of aliphatic hydroxyl groups excluding tert-OH is 1. The van der Waals surface area contributed by atoms with Gasteiger partial charge in [-0.05, 0) is 55.2 Å². The minimum Gasteiger partial charge on any atom is -0.487 e. The molecule has 8 heteroatoms. The maximum Gasteiger partial charge on any atom is 0.416 e. The van der Waals surface area contributed by atoms with Gasteiger partial charge in [-0.3, -0.25) is 0 Å². The molecule has 0 bridgehead atoms. The van der Waals surface area contributed by atoms with Gasteiger partial charge in [-0.2, -0.15) is 13.2 Å². The molecule has 1 N–H and O–H groups in total. The number of aromatic nitrogens is 1. The van der Waals surface area contributed by atoms with E-state index in [1.54, 1.807) is 0 Å². The van der Waals surface area contributed by atoms with E-state index in [2.05, 4.69) is 4.98 Å². The van der Waals surface area contributed by atoms with Crippen LogP contribution in [0.3, 0.4) is 0 Å². The quantitative estimate of drug-likeness (QED) is 0.336. The summed E-state index contributed by atoms with van der Waals surface area (Å²) in [5.74, 6) is -0.143. The molecule has 0 fully saturated rings. The molecule has 0 radical (unpaired) electrons. The normalized spacial score (nSPS) is 11.9. The van der Waals surface area contributed by atoms with Gasteiger partial charge in [0.2, 0.25) is 5.89 Å². The number of aryl methyl sites for hydroxylation is 1.